The third-order valence-corrected chi connectivity index (χ3v) is 4.56. The van der Waals surface area contributed by atoms with Gasteiger partial charge in [0.05, 0.1) is 0 Å². The predicted octanol–water partition coefficient (Wildman–Crippen LogP) is 4.26. The summed E-state index contributed by atoms with van der Waals surface area (Å²) < 4.78 is 0. The van der Waals surface area contributed by atoms with E-state index in [1.807, 2.05) is 6.92 Å². The van der Waals surface area contributed by atoms with Gasteiger partial charge >= 0.3 is 0 Å². The van der Waals surface area contributed by atoms with Crippen molar-refractivity contribution in [2.24, 2.45) is 11.8 Å². The molecule has 0 heterocycles. The molecule has 23 heavy (non-hydrogen) atoms. The lowest BCUT2D eigenvalue weighted by molar-refractivity contribution is -0.134. The Bertz CT molecular complexity index is 557. The quantitative estimate of drug-likeness (QED) is 0.827. The summed E-state index contributed by atoms with van der Waals surface area (Å²) in [7, 11) is 0. The van der Waals surface area contributed by atoms with Gasteiger partial charge in [0.2, 0.25) is 11.8 Å². The summed E-state index contributed by atoms with van der Waals surface area (Å²) in [6.45, 7) is 2.65. The van der Waals surface area contributed by atoms with Gasteiger partial charge in [-0.05, 0) is 37.5 Å². The molecule has 6 heteroatoms. The zero-order valence-corrected chi connectivity index (χ0v) is 14.7. The van der Waals surface area contributed by atoms with E-state index in [0.29, 0.717) is 22.3 Å². The second-order valence-corrected chi connectivity index (χ2v) is 6.81. The van der Waals surface area contributed by atoms with E-state index in [4.69, 9.17) is 23.2 Å². The third-order valence-electron chi connectivity index (χ3n) is 4.12. The molecule has 1 saturated carbocycles. The highest BCUT2D eigenvalue weighted by molar-refractivity contribution is 6.35. The molecule has 4 nitrogen and oxygen atoms in total. The van der Waals surface area contributed by atoms with Crippen molar-refractivity contribution in [1.29, 1.82) is 0 Å². The number of benzene rings is 1. The average Bonchev–Trinajstić information content (AvgIpc) is 2.51. The minimum Gasteiger partial charge on any atom is -0.356 e. The zero-order valence-electron chi connectivity index (χ0n) is 13.2. The molecular formula is C17H22Cl2N2O2. The van der Waals surface area contributed by atoms with Gasteiger partial charge in [-0.3, -0.25) is 9.59 Å². The molecule has 1 aromatic rings. The number of carbonyl (C=O) groups is 2. The van der Waals surface area contributed by atoms with Crippen molar-refractivity contribution < 1.29 is 9.59 Å². The van der Waals surface area contributed by atoms with E-state index in [2.05, 4.69) is 10.6 Å². The molecule has 0 aromatic heterocycles. The molecule has 0 aliphatic heterocycles. The molecular weight excluding hydrogens is 335 g/mol. The summed E-state index contributed by atoms with van der Waals surface area (Å²) in [5, 5.41) is 6.69. The van der Waals surface area contributed by atoms with Gasteiger partial charge in [0.1, 0.15) is 0 Å². The van der Waals surface area contributed by atoms with Crippen molar-refractivity contribution in [2.45, 2.75) is 39.0 Å². The number of anilines is 1. The maximum Gasteiger partial charge on any atom is 0.228 e. The van der Waals surface area contributed by atoms with Gasteiger partial charge < -0.3 is 10.6 Å². The van der Waals surface area contributed by atoms with Crippen LogP contribution in [0.4, 0.5) is 5.69 Å². The van der Waals surface area contributed by atoms with E-state index in [-0.39, 0.29) is 23.7 Å². The first-order valence-corrected chi connectivity index (χ1v) is 8.81. The highest BCUT2D eigenvalue weighted by Crippen LogP contribution is 2.32. The van der Waals surface area contributed by atoms with E-state index in [9.17, 15) is 9.59 Å². The normalized spacial score (nSPS) is 20.8. The zero-order chi connectivity index (χ0) is 16.8. The maximum atomic E-state index is 12.6. The minimum atomic E-state index is -0.307. The van der Waals surface area contributed by atoms with E-state index >= 15 is 0 Å². The molecule has 1 fully saturated rings. The van der Waals surface area contributed by atoms with Crippen LogP contribution in [0, 0.1) is 11.8 Å². The Kier molecular flexibility index (Phi) is 6.72. The number of amides is 2. The van der Waals surface area contributed by atoms with Crippen LogP contribution in [0.25, 0.3) is 0 Å². The van der Waals surface area contributed by atoms with Crippen molar-refractivity contribution in [3.63, 3.8) is 0 Å². The number of carbonyl (C=O) groups excluding carboxylic acids is 2. The van der Waals surface area contributed by atoms with E-state index < -0.39 is 0 Å². The number of rotatable bonds is 5. The lowest BCUT2D eigenvalue weighted by Crippen LogP contribution is -2.41. The number of hydrogen-bond donors (Lipinski definition) is 2. The van der Waals surface area contributed by atoms with Gasteiger partial charge in [0, 0.05) is 34.1 Å². The van der Waals surface area contributed by atoms with Crippen molar-refractivity contribution in [1.82, 2.24) is 5.32 Å². The molecule has 2 rings (SSSR count). The summed E-state index contributed by atoms with van der Waals surface area (Å²) in [4.78, 5) is 24.9. The monoisotopic (exact) mass is 356 g/mol. The summed E-state index contributed by atoms with van der Waals surface area (Å²) in [5.41, 5.74) is 0.561. The number of halogens is 2. The summed E-state index contributed by atoms with van der Waals surface area (Å²) in [6, 6.07) is 4.92. The van der Waals surface area contributed by atoms with Crippen LogP contribution < -0.4 is 10.6 Å². The Morgan fingerprint density at radius 3 is 2.17 bits per heavy atom. The predicted molar refractivity (Wildman–Crippen MR) is 93.8 cm³/mol. The SMILES string of the molecule is CCCNC(=O)[C@@H]1CCCC[C@@H]1C(=O)Nc1cc(Cl)cc(Cl)c1. The lowest BCUT2D eigenvalue weighted by atomic mass is 9.78. The van der Waals surface area contributed by atoms with Crippen molar-refractivity contribution in [3.8, 4) is 0 Å². The second-order valence-electron chi connectivity index (χ2n) is 5.94. The number of hydrogen-bond acceptors (Lipinski definition) is 2. The van der Waals surface area contributed by atoms with Crippen LogP contribution in [0.1, 0.15) is 39.0 Å². The van der Waals surface area contributed by atoms with Crippen molar-refractivity contribution in [2.75, 3.05) is 11.9 Å². The third kappa shape index (κ3) is 5.11. The van der Waals surface area contributed by atoms with E-state index in [1.54, 1.807) is 18.2 Å². The molecule has 0 radical (unpaired) electrons. The van der Waals surface area contributed by atoms with Gasteiger partial charge in [-0.2, -0.15) is 0 Å². The molecule has 2 N–H and O–H groups in total. The molecule has 126 valence electrons. The summed E-state index contributed by atoms with van der Waals surface area (Å²) in [5.74, 6) is -0.723. The fourth-order valence-electron chi connectivity index (χ4n) is 3.00. The Labute approximate surface area is 146 Å². The Hall–Kier alpha value is -1.26. The highest BCUT2D eigenvalue weighted by atomic mass is 35.5. The van der Waals surface area contributed by atoms with Gasteiger partial charge in [-0.15, -0.1) is 0 Å². The Morgan fingerprint density at radius 2 is 1.61 bits per heavy atom. The van der Waals surface area contributed by atoms with Gasteiger partial charge in [0.25, 0.3) is 0 Å². The molecule has 1 aliphatic rings. The fraction of sp³-hybridized carbons (Fsp3) is 0.529. The van der Waals surface area contributed by atoms with Crippen LogP contribution in [-0.4, -0.2) is 18.4 Å². The van der Waals surface area contributed by atoms with Crippen LogP contribution in [0.2, 0.25) is 10.0 Å². The molecule has 1 aliphatic carbocycles. The molecule has 0 unspecified atom stereocenters. The first-order valence-electron chi connectivity index (χ1n) is 8.06. The minimum absolute atomic E-state index is 0.0178. The van der Waals surface area contributed by atoms with Crippen molar-refractivity contribution >= 4 is 40.7 Å². The van der Waals surface area contributed by atoms with E-state index in [0.717, 1.165) is 32.1 Å². The average molecular weight is 357 g/mol. The smallest absolute Gasteiger partial charge is 0.228 e. The molecule has 2 atom stereocenters. The number of nitrogens with one attached hydrogen (secondary N) is 2. The lowest BCUT2D eigenvalue weighted by Gasteiger charge is -2.29. The first kappa shape index (κ1) is 18.1. The van der Waals surface area contributed by atoms with Crippen LogP contribution in [-0.2, 0) is 9.59 Å². The van der Waals surface area contributed by atoms with Gasteiger partial charge in [0.15, 0.2) is 0 Å². The van der Waals surface area contributed by atoms with Crippen LogP contribution in [0.3, 0.4) is 0 Å². The summed E-state index contributed by atoms with van der Waals surface area (Å²) in [6.07, 6.45) is 4.31. The van der Waals surface area contributed by atoms with Crippen molar-refractivity contribution in [3.05, 3.63) is 28.2 Å². The first-order chi connectivity index (χ1) is 11.0. The van der Waals surface area contributed by atoms with Crippen LogP contribution >= 0.6 is 23.2 Å². The largest absolute Gasteiger partial charge is 0.356 e. The summed E-state index contributed by atoms with van der Waals surface area (Å²) >= 11 is 11.9. The topological polar surface area (TPSA) is 58.2 Å². The van der Waals surface area contributed by atoms with E-state index in [1.165, 1.54) is 0 Å². The fourth-order valence-corrected chi connectivity index (χ4v) is 3.52. The molecule has 0 spiro atoms. The van der Waals surface area contributed by atoms with Crippen LogP contribution in [0.5, 0.6) is 0 Å². The Morgan fingerprint density at radius 1 is 1.04 bits per heavy atom. The Balaban J connectivity index is 2.07. The van der Waals surface area contributed by atoms with Gasteiger partial charge in [-0.25, -0.2) is 0 Å². The molecule has 1 aromatic carbocycles. The second kappa shape index (κ2) is 8.55. The molecule has 0 bridgehead atoms. The van der Waals surface area contributed by atoms with Gasteiger partial charge in [-0.1, -0.05) is 43.0 Å². The molecule has 2 amide bonds. The van der Waals surface area contributed by atoms with Crippen LogP contribution in [0.15, 0.2) is 18.2 Å². The highest BCUT2D eigenvalue weighted by Gasteiger charge is 2.35. The standard InChI is InChI=1S/C17H22Cl2N2O2/c1-2-7-20-16(22)14-5-3-4-6-15(14)17(23)21-13-9-11(18)8-12(19)10-13/h8-10,14-15H,2-7H2,1H3,(H,20,22)(H,21,23)/t14-,15+/m1/s1. The maximum absolute atomic E-state index is 12.6. The molecule has 0 saturated heterocycles.